The van der Waals surface area contributed by atoms with E-state index in [1.54, 1.807) is 24.3 Å². The van der Waals surface area contributed by atoms with Gasteiger partial charge in [-0.2, -0.15) is 21.0 Å². The van der Waals surface area contributed by atoms with Crippen LogP contribution in [0.4, 0.5) is 0 Å². The van der Waals surface area contributed by atoms with Crippen LogP contribution in [0, 0.1) is 45.3 Å². The molecule has 0 atom stereocenters. The molecule has 63 heavy (non-hydrogen) atoms. The minimum absolute atomic E-state index is 0. The van der Waals surface area contributed by atoms with E-state index in [-0.39, 0.29) is 116 Å². The second-order valence-corrected chi connectivity index (χ2v) is 19.1. The fourth-order valence-electron chi connectivity index (χ4n) is 6.62. The van der Waals surface area contributed by atoms with E-state index in [4.69, 9.17) is 21.0 Å². The van der Waals surface area contributed by atoms with E-state index in [2.05, 4.69) is 83.1 Å². The van der Waals surface area contributed by atoms with Crippen LogP contribution in [0.25, 0.3) is 0 Å². The predicted molar refractivity (Wildman–Crippen MR) is 235 cm³/mol. The number of hydrogen-bond donors (Lipinski definition) is 0. The van der Waals surface area contributed by atoms with Crippen LogP contribution in [0.3, 0.4) is 0 Å². The zero-order chi connectivity index (χ0) is 46.6. The van der Waals surface area contributed by atoms with E-state index in [0.29, 0.717) is 44.5 Å². The molecular weight excluding hydrogens is 999 g/mol. The Balaban J connectivity index is -0.00000216. The molecule has 342 valence electrons. The largest absolute Gasteiger partial charge is 1.00 e. The molecule has 5 rings (SSSR count). The molecule has 0 aliphatic heterocycles. The van der Waals surface area contributed by atoms with Crippen molar-refractivity contribution in [1.29, 1.82) is 21.0 Å². The maximum absolute atomic E-state index is 14.3. The molecule has 8 bridgehead atoms. The molecule has 0 amide bonds. The first-order chi connectivity index (χ1) is 27.6. The maximum atomic E-state index is 14.3. The van der Waals surface area contributed by atoms with E-state index >= 15 is 0 Å². The second kappa shape index (κ2) is 26.2. The van der Waals surface area contributed by atoms with E-state index in [1.807, 2.05) is 48.5 Å². The van der Waals surface area contributed by atoms with E-state index in [9.17, 15) is 20.4 Å². The third-order valence-corrected chi connectivity index (χ3v) is 9.96. The van der Waals surface area contributed by atoms with Crippen molar-refractivity contribution in [3.05, 3.63) is 115 Å². The molecule has 0 heterocycles. The van der Waals surface area contributed by atoms with E-state index in [0.717, 1.165) is 22.3 Å². The fraction of sp³-hybridized carbons (Fsp3) is 0.462. The Kier molecular flexibility index (Phi) is 26.0. The third-order valence-electron chi connectivity index (χ3n) is 9.96. The van der Waals surface area contributed by atoms with Gasteiger partial charge in [0.1, 0.15) is 0 Å². The molecule has 0 N–H and O–H groups in total. The molecule has 0 aromatic heterocycles. The summed E-state index contributed by atoms with van der Waals surface area (Å²) in [5.74, 6) is -0.496. The van der Waals surface area contributed by atoms with Gasteiger partial charge in [-0.25, -0.2) is 0 Å². The van der Waals surface area contributed by atoms with Crippen LogP contribution in [0.5, 0.6) is 23.0 Å². The summed E-state index contributed by atoms with van der Waals surface area (Å²) in [7, 11) is 0. The van der Waals surface area contributed by atoms with Crippen LogP contribution < -0.4 is 45.2 Å². The van der Waals surface area contributed by atoms with Crippen LogP contribution >= 0.6 is 0 Å². The Morgan fingerprint density at radius 2 is 0.429 bits per heavy atom. The molecule has 0 unspecified atom stereocenters. The van der Waals surface area contributed by atoms with Crippen LogP contribution in [0.2, 0.25) is 0 Å². The van der Waals surface area contributed by atoms with Crippen molar-refractivity contribution in [2.75, 3.05) is 0 Å². The summed E-state index contributed by atoms with van der Waals surface area (Å²) < 4.78 is 0. The van der Waals surface area contributed by atoms with Crippen LogP contribution in [0.15, 0.2) is 48.5 Å². The summed E-state index contributed by atoms with van der Waals surface area (Å²) in [6.45, 7) is 31.1. The van der Waals surface area contributed by atoms with Crippen molar-refractivity contribution in [2.24, 2.45) is 0 Å². The van der Waals surface area contributed by atoms with Gasteiger partial charge in [0.2, 0.25) is 0 Å². The van der Waals surface area contributed by atoms with Gasteiger partial charge in [0.05, 0.1) is 24.3 Å². The predicted octanol–water partition coefficient (Wildman–Crippen LogP) is 3.97. The topological polar surface area (TPSA) is 187 Å². The number of nitriles is 4. The van der Waals surface area contributed by atoms with Crippen molar-refractivity contribution >= 4 is 0 Å². The molecule has 1 aliphatic carbocycles. The Bertz CT molecular complexity index is 1880. The summed E-state index contributed by atoms with van der Waals surface area (Å²) >= 11 is 0. The number of fused-ring (bicyclic) bond motifs is 8. The molecule has 8 nitrogen and oxygen atoms in total. The molecular formula is C52H64Cl2N4O4W-6. The standard InChI is InChI=1S/C44H56O4.4C2H3N.2ClH.W/c1-41(2,3)33-17-25-13-27-19-34(42(4,5)6)21-29(38(27)46)15-31-23-36(44(10,11)12)24-32(40(31)48)16-30-22-35(43(7,8)9)20-28(39(30)47)14-26(18-33)37(25)45;4*1-2-3;;;/h17-24,45-48H,13-16H2,1-12H3;4*1H3;2*1H;/p-6. The van der Waals surface area contributed by atoms with Gasteiger partial charge in [-0.3, -0.25) is 0 Å². The summed E-state index contributed by atoms with van der Waals surface area (Å²) in [5, 5.41) is 86.4. The fourth-order valence-corrected chi connectivity index (χ4v) is 6.62. The monoisotopic (exact) mass is 1060 g/mol. The van der Waals surface area contributed by atoms with Gasteiger partial charge in [-0.15, -0.1) is 23.0 Å². The quantitative estimate of drug-likeness (QED) is 0.223. The summed E-state index contributed by atoms with van der Waals surface area (Å²) in [6.07, 6.45) is 0.724. The van der Waals surface area contributed by atoms with Gasteiger partial charge in [0.15, 0.2) is 0 Å². The summed E-state index contributed by atoms with van der Waals surface area (Å²) in [5.41, 5.74) is 7.39. The van der Waals surface area contributed by atoms with Crippen LogP contribution in [-0.4, -0.2) is 0 Å². The Hall–Kier alpha value is -4.69. The van der Waals surface area contributed by atoms with Crippen LogP contribution in [0.1, 0.15) is 178 Å². The molecule has 0 saturated carbocycles. The van der Waals surface area contributed by atoms with E-state index < -0.39 is 0 Å². The van der Waals surface area contributed by atoms with Crippen molar-refractivity contribution in [1.82, 2.24) is 0 Å². The van der Waals surface area contributed by atoms with Crippen molar-refractivity contribution in [3.8, 4) is 47.3 Å². The van der Waals surface area contributed by atoms with Gasteiger partial charge < -0.3 is 45.2 Å². The average Bonchev–Trinajstić information content (AvgIpc) is 3.10. The summed E-state index contributed by atoms with van der Waals surface area (Å²) in [6, 6.07) is 22.6. The molecule has 1 aliphatic rings. The van der Waals surface area contributed by atoms with Gasteiger partial charge in [-0.05, 0) is 69.6 Å². The number of rotatable bonds is 0. The number of nitrogens with zero attached hydrogens (tertiary/aromatic N) is 4. The van der Waals surface area contributed by atoms with Gasteiger partial charge in [-0.1, -0.05) is 176 Å². The minimum Gasteiger partial charge on any atom is -1.00 e. The minimum atomic E-state index is -0.256. The molecule has 0 radical (unpaired) electrons. The second-order valence-electron chi connectivity index (χ2n) is 19.1. The van der Waals surface area contributed by atoms with Gasteiger partial charge in [0.25, 0.3) is 0 Å². The molecule has 0 fully saturated rings. The number of halogens is 2. The van der Waals surface area contributed by atoms with Gasteiger partial charge >= 0.3 is 0 Å². The first kappa shape index (κ1) is 62.6. The zero-order valence-corrected chi connectivity index (χ0v) is 44.5. The Morgan fingerprint density at radius 1 is 0.333 bits per heavy atom. The van der Waals surface area contributed by atoms with Crippen molar-refractivity contribution in [3.63, 3.8) is 0 Å². The van der Waals surface area contributed by atoms with Crippen molar-refractivity contribution < 1.29 is 66.3 Å². The molecule has 4 aromatic carbocycles. The molecule has 4 aromatic rings. The third kappa shape index (κ3) is 17.8. The molecule has 0 spiro atoms. The Morgan fingerprint density at radius 3 is 0.508 bits per heavy atom. The SMILES string of the molecule is CC#N.CC#N.CC#N.CC#N.CC(C)(C)c1cc2c([O-])c(c1)Cc1cc(C(C)(C)C)cc(c1[O-])Cc1cc(C(C)(C)C)cc(c1[O-])Cc1cc(C(C)(C)C)cc(c1[O-])C2.[Cl-].[Cl-].[W]. The Labute approximate surface area is 405 Å². The first-order valence-corrected chi connectivity index (χ1v) is 20.2. The normalized spacial score (nSPS) is 11.4. The number of benzene rings is 4. The maximum Gasteiger partial charge on any atom is 0.0587 e. The number of hydrogen-bond acceptors (Lipinski definition) is 8. The smallest absolute Gasteiger partial charge is 0.0587 e. The summed E-state index contributed by atoms with van der Waals surface area (Å²) in [4.78, 5) is 0. The molecule has 0 saturated heterocycles. The van der Waals surface area contributed by atoms with Crippen molar-refractivity contribution in [2.45, 2.75) is 158 Å². The van der Waals surface area contributed by atoms with Gasteiger partial charge in [0, 0.05) is 48.8 Å². The van der Waals surface area contributed by atoms with E-state index in [1.165, 1.54) is 27.7 Å². The van der Waals surface area contributed by atoms with Crippen LogP contribution in [-0.2, 0) is 68.4 Å². The zero-order valence-electron chi connectivity index (χ0n) is 40.0. The average molecular weight is 1060 g/mol. The molecule has 11 heteroatoms. The first-order valence-electron chi connectivity index (χ1n) is 20.2.